The first-order valence-corrected chi connectivity index (χ1v) is 7.97. The van der Waals surface area contributed by atoms with Crippen molar-refractivity contribution in [2.75, 3.05) is 20.4 Å². The number of carbonyl (C=O) groups excluding carboxylic acids is 2. The number of ether oxygens (including phenoxy) is 2. The van der Waals surface area contributed by atoms with Crippen molar-refractivity contribution in [3.05, 3.63) is 57.4 Å². The minimum atomic E-state index is -1.88. The van der Waals surface area contributed by atoms with Gasteiger partial charge >= 0.3 is 11.9 Å². The SMILES string of the molecule is COC(=O)C1=C(CF)NC2=C(C(=O)OC2)[C@H]1c1cc(F)cc(F)c1[C@@H](C)F. The van der Waals surface area contributed by atoms with Crippen LogP contribution in [0.4, 0.5) is 17.6 Å². The summed E-state index contributed by atoms with van der Waals surface area (Å²) in [5, 5.41) is 2.59. The molecule has 1 N–H and O–H groups in total. The third kappa shape index (κ3) is 3.07. The molecule has 3 rings (SSSR count). The Kier molecular flexibility index (Phi) is 4.95. The molecule has 0 radical (unpaired) electrons. The van der Waals surface area contributed by atoms with Crippen molar-refractivity contribution in [2.24, 2.45) is 0 Å². The summed E-state index contributed by atoms with van der Waals surface area (Å²) in [5.74, 6) is -5.53. The predicted octanol–water partition coefficient (Wildman–Crippen LogP) is 2.89. The molecule has 2 heterocycles. The summed E-state index contributed by atoms with van der Waals surface area (Å²) >= 11 is 0. The predicted molar refractivity (Wildman–Crippen MR) is 84.8 cm³/mol. The fourth-order valence-corrected chi connectivity index (χ4v) is 3.41. The van der Waals surface area contributed by atoms with Gasteiger partial charge < -0.3 is 14.8 Å². The lowest BCUT2D eigenvalue weighted by Crippen LogP contribution is -2.32. The third-order valence-electron chi connectivity index (χ3n) is 4.47. The van der Waals surface area contributed by atoms with Gasteiger partial charge in [-0.2, -0.15) is 0 Å². The number of hydrogen-bond donors (Lipinski definition) is 1. The lowest BCUT2D eigenvalue weighted by molar-refractivity contribution is -0.136. The molecule has 2 aliphatic rings. The number of methoxy groups -OCH3 is 1. The largest absolute Gasteiger partial charge is 0.466 e. The van der Waals surface area contributed by atoms with Crippen molar-refractivity contribution in [2.45, 2.75) is 19.0 Å². The second kappa shape index (κ2) is 7.05. The van der Waals surface area contributed by atoms with Crippen LogP contribution < -0.4 is 5.32 Å². The van der Waals surface area contributed by atoms with Gasteiger partial charge in [0.15, 0.2) is 0 Å². The number of alkyl halides is 2. The van der Waals surface area contributed by atoms with Gasteiger partial charge in [-0.3, -0.25) is 0 Å². The first-order valence-electron chi connectivity index (χ1n) is 7.97. The summed E-state index contributed by atoms with van der Waals surface area (Å²) < 4.78 is 65.6. The van der Waals surface area contributed by atoms with Gasteiger partial charge in [0, 0.05) is 11.6 Å². The van der Waals surface area contributed by atoms with E-state index in [2.05, 4.69) is 10.1 Å². The summed E-state index contributed by atoms with van der Waals surface area (Å²) in [5.41, 5.74) is -1.45. The summed E-state index contributed by atoms with van der Waals surface area (Å²) in [6.07, 6.45) is -1.88. The quantitative estimate of drug-likeness (QED) is 0.638. The van der Waals surface area contributed by atoms with Gasteiger partial charge in [-0.1, -0.05) is 0 Å². The molecule has 0 fully saturated rings. The highest BCUT2D eigenvalue weighted by Crippen LogP contribution is 2.44. The maximum Gasteiger partial charge on any atom is 0.337 e. The van der Waals surface area contributed by atoms with Crippen LogP contribution in [0.15, 0.2) is 34.7 Å². The van der Waals surface area contributed by atoms with Crippen LogP contribution in [0.1, 0.15) is 30.1 Å². The summed E-state index contributed by atoms with van der Waals surface area (Å²) in [6, 6.07) is 1.31. The van der Waals surface area contributed by atoms with E-state index < -0.39 is 47.9 Å². The molecule has 1 aromatic carbocycles. The van der Waals surface area contributed by atoms with E-state index in [-0.39, 0.29) is 34.7 Å². The van der Waals surface area contributed by atoms with E-state index in [1.54, 1.807) is 0 Å². The average molecular weight is 385 g/mol. The van der Waals surface area contributed by atoms with Gasteiger partial charge in [0.1, 0.15) is 31.1 Å². The monoisotopic (exact) mass is 385 g/mol. The van der Waals surface area contributed by atoms with Gasteiger partial charge in [0.2, 0.25) is 0 Å². The van der Waals surface area contributed by atoms with Gasteiger partial charge in [-0.15, -0.1) is 0 Å². The molecule has 0 bridgehead atoms. The van der Waals surface area contributed by atoms with Crippen molar-refractivity contribution in [3.8, 4) is 0 Å². The van der Waals surface area contributed by atoms with Gasteiger partial charge in [-0.25, -0.2) is 27.2 Å². The zero-order valence-electron chi connectivity index (χ0n) is 14.4. The number of halogens is 4. The lowest BCUT2D eigenvalue weighted by atomic mass is 9.78. The molecule has 5 nitrogen and oxygen atoms in total. The third-order valence-corrected chi connectivity index (χ3v) is 4.47. The maximum absolute atomic E-state index is 14.3. The van der Waals surface area contributed by atoms with Crippen LogP contribution in [0.25, 0.3) is 0 Å². The minimum absolute atomic E-state index is 0.139. The normalized spacial score (nSPS) is 20.2. The second-order valence-corrected chi connectivity index (χ2v) is 6.05. The molecule has 0 amide bonds. The molecule has 0 saturated heterocycles. The Hall–Kier alpha value is -2.84. The lowest BCUT2D eigenvalue weighted by Gasteiger charge is -2.29. The molecule has 2 atom stereocenters. The Morgan fingerprint density at radius 2 is 2.11 bits per heavy atom. The second-order valence-electron chi connectivity index (χ2n) is 6.05. The van der Waals surface area contributed by atoms with Crippen LogP contribution in [0, 0.1) is 11.6 Å². The van der Waals surface area contributed by atoms with Crippen LogP contribution in [0.2, 0.25) is 0 Å². The van der Waals surface area contributed by atoms with E-state index in [0.717, 1.165) is 20.1 Å². The number of nitrogens with one attached hydrogen (secondary N) is 1. The Balaban J connectivity index is 2.35. The topological polar surface area (TPSA) is 64.6 Å². The molecule has 0 aromatic heterocycles. The highest BCUT2D eigenvalue weighted by atomic mass is 19.1. The van der Waals surface area contributed by atoms with E-state index in [4.69, 9.17) is 4.74 Å². The Bertz CT molecular complexity index is 892. The summed E-state index contributed by atoms with van der Waals surface area (Å²) in [7, 11) is 1.03. The van der Waals surface area contributed by atoms with E-state index in [9.17, 15) is 27.2 Å². The number of esters is 2. The number of allylic oxidation sites excluding steroid dienone is 1. The van der Waals surface area contributed by atoms with E-state index in [1.807, 2.05) is 0 Å². The molecule has 0 aliphatic carbocycles. The molecule has 0 unspecified atom stereocenters. The Morgan fingerprint density at radius 3 is 2.70 bits per heavy atom. The molecule has 0 spiro atoms. The average Bonchev–Trinajstić information content (AvgIpc) is 2.99. The molecular formula is C18H15F4NO4. The minimum Gasteiger partial charge on any atom is -0.466 e. The van der Waals surface area contributed by atoms with Crippen LogP contribution in [-0.2, 0) is 19.1 Å². The molecule has 144 valence electrons. The number of carbonyl (C=O) groups is 2. The fraction of sp³-hybridized carbons (Fsp3) is 0.333. The number of rotatable bonds is 4. The maximum atomic E-state index is 14.3. The first-order chi connectivity index (χ1) is 12.8. The highest BCUT2D eigenvalue weighted by molar-refractivity contribution is 6.01. The smallest absolute Gasteiger partial charge is 0.337 e. The number of benzene rings is 1. The van der Waals surface area contributed by atoms with Crippen LogP contribution in [0.5, 0.6) is 0 Å². The van der Waals surface area contributed by atoms with E-state index in [1.165, 1.54) is 0 Å². The molecule has 0 saturated carbocycles. The standard InChI is InChI=1S/C18H15F4NO4/c1-7(20)13-9(3-8(21)4-10(13)22)14-15(17(24)26-2)11(5-19)23-12-6-27-18(25)16(12)14/h3-4,7,14,23H,5-6H2,1-2H3/t7-,14+/m1/s1. The molecule has 1 aromatic rings. The van der Waals surface area contributed by atoms with Crippen molar-refractivity contribution in [3.63, 3.8) is 0 Å². The Morgan fingerprint density at radius 1 is 1.41 bits per heavy atom. The van der Waals surface area contributed by atoms with Gasteiger partial charge in [0.25, 0.3) is 0 Å². The molecule has 9 heteroatoms. The fourth-order valence-electron chi connectivity index (χ4n) is 3.41. The van der Waals surface area contributed by atoms with Crippen molar-refractivity contribution in [1.29, 1.82) is 0 Å². The summed E-state index contributed by atoms with van der Waals surface area (Å²) in [6.45, 7) is -0.355. The van der Waals surface area contributed by atoms with E-state index >= 15 is 0 Å². The van der Waals surface area contributed by atoms with Gasteiger partial charge in [-0.05, 0) is 18.6 Å². The zero-order valence-corrected chi connectivity index (χ0v) is 14.4. The van der Waals surface area contributed by atoms with Crippen molar-refractivity contribution in [1.82, 2.24) is 5.32 Å². The highest BCUT2D eigenvalue weighted by Gasteiger charge is 2.44. The molecule has 27 heavy (non-hydrogen) atoms. The van der Waals surface area contributed by atoms with Crippen molar-refractivity contribution < 1.29 is 36.6 Å². The van der Waals surface area contributed by atoms with Gasteiger partial charge in [0.05, 0.1) is 35.6 Å². The number of dihydropyridines is 1. The van der Waals surface area contributed by atoms with Crippen LogP contribution in [-0.4, -0.2) is 32.3 Å². The molecular weight excluding hydrogens is 370 g/mol. The zero-order chi connectivity index (χ0) is 19.9. The van der Waals surface area contributed by atoms with Crippen molar-refractivity contribution >= 4 is 11.9 Å². The number of cyclic esters (lactones) is 1. The van der Waals surface area contributed by atoms with Crippen LogP contribution in [0.3, 0.4) is 0 Å². The summed E-state index contributed by atoms with van der Waals surface area (Å²) in [4.78, 5) is 24.5. The number of hydrogen-bond acceptors (Lipinski definition) is 5. The Labute approximate surface area is 151 Å². The van der Waals surface area contributed by atoms with E-state index in [0.29, 0.717) is 6.07 Å². The first kappa shape index (κ1) is 18.9. The molecule has 2 aliphatic heterocycles. The van der Waals surface area contributed by atoms with Crippen LogP contribution >= 0.6 is 0 Å².